The number of hydrogen-bond donors (Lipinski definition) is 4. The Morgan fingerprint density at radius 2 is 1.90 bits per heavy atom. The van der Waals surface area contributed by atoms with Crippen molar-refractivity contribution in [3.63, 3.8) is 0 Å². The van der Waals surface area contributed by atoms with Gasteiger partial charge in [-0.25, -0.2) is 0 Å². The molecule has 1 aromatic rings. The van der Waals surface area contributed by atoms with Gasteiger partial charge in [0.05, 0.1) is 17.9 Å². The third-order valence-corrected chi connectivity index (χ3v) is 6.86. The van der Waals surface area contributed by atoms with E-state index in [-0.39, 0.29) is 18.3 Å². The van der Waals surface area contributed by atoms with Gasteiger partial charge in [-0.2, -0.15) is 0 Å². The molecule has 4 atom stereocenters. The van der Waals surface area contributed by atoms with E-state index in [1.165, 1.54) is 5.56 Å². The molecular formula is C24H36BrNO5. The fraction of sp³-hybridized carbons (Fsp3) is 0.667. The smallest absolute Gasteiger partial charge is 0.303 e. The van der Waals surface area contributed by atoms with Crippen molar-refractivity contribution < 1.29 is 25.3 Å². The topological polar surface area (TPSA) is 110 Å². The highest BCUT2D eigenvalue weighted by molar-refractivity contribution is 9.10. The quantitative estimate of drug-likeness (QED) is 0.161. The number of carboxylic acids is 1. The van der Waals surface area contributed by atoms with Crippen LogP contribution in [0, 0.1) is 11.8 Å². The molecule has 0 heterocycles. The molecule has 6 nitrogen and oxygen atoms in total. The normalized spacial score (nSPS) is 23.3. The van der Waals surface area contributed by atoms with Gasteiger partial charge in [0, 0.05) is 23.2 Å². The van der Waals surface area contributed by atoms with Crippen LogP contribution in [-0.4, -0.2) is 44.4 Å². The predicted molar refractivity (Wildman–Crippen MR) is 124 cm³/mol. The van der Waals surface area contributed by atoms with E-state index in [4.69, 9.17) is 5.11 Å². The van der Waals surface area contributed by atoms with Gasteiger partial charge in [-0.3, -0.25) is 4.79 Å². The standard InChI is InChI=1S/C24H36BrNO5/c25-18-9-5-7-17(15-18)8-6-10-19(27)13-14-20-21(23(28)16-22(20)26-31)11-3-1-2-4-12-24(29)30/h5,7,9,15,19-21,23,27-28,31H,1-4,6,8,10-14,16H2,(H,29,30)/b26-22-. The fourth-order valence-corrected chi connectivity index (χ4v) is 5.13. The van der Waals surface area contributed by atoms with Crippen molar-refractivity contribution in [1.29, 1.82) is 0 Å². The molecule has 0 aliphatic heterocycles. The molecule has 1 aliphatic carbocycles. The van der Waals surface area contributed by atoms with Gasteiger partial charge >= 0.3 is 5.97 Å². The van der Waals surface area contributed by atoms with E-state index in [0.717, 1.165) is 49.4 Å². The summed E-state index contributed by atoms with van der Waals surface area (Å²) in [5.74, 6) is -0.719. The maximum absolute atomic E-state index is 10.6. The van der Waals surface area contributed by atoms with Gasteiger partial charge in [-0.1, -0.05) is 52.5 Å². The maximum atomic E-state index is 10.6. The average Bonchev–Trinajstić information content (AvgIpc) is 3.03. The number of unbranched alkanes of at least 4 members (excludes halogenated alkanes) is 3. The van der Waals surface area contributed by atoms with Gasteiger partial charge in [-0.05, 0) is 68.6 Å². The van der Waals surface area contributed by atoms with Crippen LogP contribution in [0.15, 0.2) is 33.9 Å². The summed E-state index contributed by atoms with van der Waals surface area (Å²) in [5.41, 5.74) is 1.89. The molecule has 0 spiro atoms. The molecular weight excluding hydrogens is 462 g/mol. The van der Waals surface area contributed by atoms with E-state index in [0.29, 0.717) is 31.4 Å². The van der Waals surface area contributed by atoms with Crippen molar-refractivity contribution in [2.45, 2.75) is 89.3 Å². The largest absolute Gasteiger partial charge is 0.481 e. The zero-order chi connectivity index (χ0) is 22.6. The van der Waals surface area contributed by atoms with E-state index in [1.807, 2.05) is 12.1 Å². The summed E-state index contributed by atoms with van der Waals surface area (Å²) in [6.45, 7) is 0. The Morgan fingerprint density at radius 3 is 2.61 bits per heavy atom. The first kappa shape index (κ1) is 25.8. The lowest BCUT2D eigenvalue weighted by Gasteiger charge is -2.23. The molecule has 1 aromatic carbocycles. The lowest BCUT2D eigenvalue weighted by molar-refractivity contribution is -0.137. The summed E-state index contributed by atoms with van der Waals surface area (Å²) in [6.07, 6.45) is 7.82. The first-order valence-corrected chi connectivity index (χ1v) is 12.2. The summed E-state index contributed by atoms with van der Waals surface area (Å²) in [7, 11) is 0. The summed E-state index contributed by atoms with van der Waals surface area (Å²) in [4.78, 5) is 10.6. The number of oxime groups is 1. The van der Waals surface area contributed by atoms with E-state index >= 15 is 0 Å². The summed E-state index contributed by atoms with van der Waals surface area (Å²) < 4.78 is 1.06. The zero-order valence-corrected chi connectivity index (χ0v) is 19.7. The number of aryl methyl sites for hydroxylation is 1. The third kappa shape index (κ3) is 9.29. The molecule has 0 saturated heterocycles. The number of carbonyl (C=O) groups is 1. The minimum absolute atomic E-state index is 0.00116. The zero-order valence-electron chi connectivity index (χ0n) is 18.1. The lowest BCUT2D eigenvalue weighted by atomic mass is 9.84. The lowest BCUT2D eigenvalue weighted by Crippen LogP contribution is -2.22. The van der Waals surface area contributed by atoms with Crippen LogP contribution < -0.4 is 0 Å². The van der Waals surface area contributed by atoms with Gasteiger partial charge in [-0.15, -0.1) is 0 Å². The number of aliphatic hydroxyl groups excluding tert-OH is 2. The number of aliphatic carboxylic acids is 1. The number of benzene rings is 1. The van der Waals surface area contributed by atoms with Crippen LogP contribution in [0.3, 0.4) is 0 Å². The number of carboxylic acid groups (broad SMARTS) is 1. The Labute approximate surface area is 193 Å². The van der Waals surface area contributed by atoms with Crippen LogP contribution in [0.25, 0.3) is 0 Å². The molecule has 174 valence electrons. The molecule has 4 unspecified atom stereocenters. The van der Waals surface area contributed by atoms with Crippen LogP contribution in [0.4, 0.5) is 0 Å². The molecule has 0 bridgehead atoms. The van der Waals surface area contributed by atoms with Crippen LogP contribution in [-0.2, 0) is 11.2 Å². The van der Waals surface area contributed by atoms with E-state index in [2.05, 4.69) is 33.2 Å². The van der Waals surface area contributed by atoms with Crippen molar-refractivity contribution >= 4 is 27.6 Å². The number of hydrogen-bond acceptors (Lipinski definition) is 5. The van der Waals surface area contributed by atoms with Crippen LogP contribution in [0.1, 0.15) is 76.2 Å². The van der Waals surface area contributed by atoms with Crippen molar-refractivity contribution in [3.05, 3.63) is 34.3 Å². The highest BCUT2D eigenvalue weighted by atomic mass is 79.9. The van der Waals surface area contributed by atoms with Crippen LogP contribution in [0.2, 0.25) is 0 Å². The van der Waals surface area contributed by atoms with Crippen LogP contribution in [0.5, 0.6) is 0 Å². The summed E-state index contributed by atoms with van der Waals surface area (Å²) >= 11 is 3.48. The van der Waals surface area contributed by atoms with E-state index < -0.39 is 18.2 Å². The van der Waals surface area contributed by atoms with Gasteiger partial charge in [0.25, 0.3) is 0 Å². The second-order valence-electron chi connectivity index (χ2n) is 8.73. The first-order chi connectivity index (χ1) is 14.9. The number of halogens is 1. The molecule has 0 aromatic heterocycles. The molecule has 0 radical (unpaired) electrons. The van der Waals surface area contributed by atoms with Gasteiger partial charge in [0.2, 0.25) is 0 Å². The van der Waals surface area contributed by atoms with Crippen molar-refractivity contribution in [1.82, 2.24) is 0 Å². The minimum Gasteiger partial charge on any atom is -0.481 e. The number of aliphatic hydroxyl groups is 2. The molecule has 31 heavy (non-hydrogen) atoms. The van der Waals surface area contributed by atoms with Crippen molar-refractivity contribution in [2.75, 3.05) is 0 Å². The highest BCUT2D eigenvalue weighted by Crippen LogP contribution is 2.37. The highest BCUT2D eigenvalue weighted by Gasteiger charge is 2.39. The third-order valence-electron chi connectivity index (χ3n) is 6.37. The van der Waals surface area contributed by atoms with Gasteiger partial charge in [0.1, 0.15) is 0 Å². The summed E-state index contributed by atoms with van der Waals surface area (Å²) in [6, 6.07) is 8.21. The van der Waals surface area contributed by atoms with E-state index in [1.54, 1.807) is 0 Å². The maximum Gasteiger partial charge on any atom is 0.303 e. The molecule has 4 N–H and O–H groups in total. The van der Waals surface area contributed by atoms with Crippen molar-refractivity contribution in [3.8, 4) is 0 Å². The minimum atomic E-state index is -0.759. The predicted octanol–water partition coefficient (Wildman–Crippen LogP) is 5.17. The molecule has 1 saturated carbocycles. The van der Waals surface area contributed by atoms with Crippen LogP contribution >= 0.6 is 15.9 Å². The SMILES string of the molecule is O=C(O)CCCCCCC1C(O)C/C(=N/O)C1CCC(O)CCCc1cccc(Br)c1. The Hall–Kier alpha value is -1.44. The van der Waals surface area contributed by atoms with Gasteiger partial charge < -0.3 is 20.5 Å². The van der Waals surface area contributed by atoms with E-state index in [9.17, 15) is 20.2 Å². The molecule has 1 aliphatic rings. The Kier molecular flexibility index (Phi) is 11.5. The average molecular weight is 498 g/mol. The molecule has 0 amide bonds. The fourth-order valence-electron chi connectivity index (χ4n) is 4.68. The second-order valence-corrected chi connectivity index (χ2v) is 9.65. The Bertz CT molecular complexity index is 711. The summed E-state index contributed by atoms with van der Waals surface area (Å²) in [5, 5.41) is 42.4. The molecule has 7 heteroatoms. The number of nitrogens with zero attached hydrogens (tertiary/aromatic N) is 1. The Morgan fingerprint density at radius 1 is 1.13 bits per heavy atom. The second kappa shape index (κ2) is 13.9. The Balaban J connectivity index is 1.73. The van der Waals surface area contributed by atoms with Gasteiger partial charge in [0.15, 0.2) is 0 Å². The monoisotopic (exact) mass is 497 g/mol. The van der Waals surface area contributed by atoms with Crippen molar-refractivity contribution in [2.24, 2.45) is 17.0 Å². The molecule has 1 fully saturated rings. The molecule has 2 rings (SSSR count). The number of rotatable bonds is 14. The first-order valence-electron chi connectivity index (χ1n) is 11.4.